The monoisotopic (exact) mass is 286 g/mol. The molecule has 1 saturated heterocycles. The number of halogens is 1. The number of nitrogen functional groups attached to an aromatic ring is 1. The third-order valence-electron chi connectivity index (χ3n) is 3.12. The van der Waals surface area contributed by atoms with E-state index in [1.165, 1.54) is 12.2 Å². The summed E-state index contributed by atoms with van der Waals surface area (Å²) in [6, 6.07) is 3.63. The summed E-state index contributed by atoms with van der Waals surface area (Å²) in [7, 11) is 0. The van der Waals surface area contributed by atoms with Crippen LogP contribution in [-0.4, -0.2) is 34.0 Å². The lowest BCUT2D eigenvalue weighted by atomic mass is 10.2. The fourth-order valence-electron chi connectivity index (χ4n) is 2.06. The minimum absolute atomic E-state index is 0.660. The molecule has 1 atom stereocenters. The van der Waals surface area contributed by atoms with E-state index in [1.54, 1.807) is 6.07 Å². The van der Waals surface area contributed by atoms with Crippen LogP contribution in [0.2, 0.25) is 5.02 Å². The lowest BCUT2D eigenvalue weighted by Crippen LogP contribution is -2.37. The molecule has 0 amide bonds. The van der Waals surface area contributed by atoms with Crippen molar-refractivity contribution in [3.05, 3.63) is 22.8 Å². The zero-order valence-electron chi connectivity index (χ0n) is 10.5. The Labute approximate surface area is 117 Å². The molecule has 6 heteroatoms. The molecule has 1 aliphatic rings. The molecule has 0 bridgehead atoms. The van der Waals surface area contributed by atoms with Crippen LogP contribution >= 0.6 is 23.4 Å². The normalized spacial score (nSPS) is 20.9. The highest BCUT2D eigenvalue weighted by molar-refractivity contribution is 8.00. The van der Waals surface area contributed by atoms with Gasteiger partial charge in [-0.3, -0.25) is 4.90 Å². The number of hydrogen-bond acceptors (Lipinski definition) is 5. The van der Waals surface area contributed by atoms with E-state index in [4.69, 9.17) is 17.4 Å². The van der Waals surface area contributed by atoms with E-state index in [-0.39, 0.29) is 0 Å². The largest absolute Gasteiger partial charge is 0.308 e. The van der Waals surface area contributed by atoms with E-state index in [1.807, 2.05) is 6.07 Å². The molecule has 0 spiro atoms. The van der Waals surface area contributed by atoms with Gasteiger partial charge >= 0.3 is 0 Å². The highest BCUT2D eigenvalue weighted by atomic mass is 35.5. The van der Waals surface area contributed by atoms with E-state index in [0.717, 1.165) is 30.6 Å². The predicted octanol–water partition coefficient (Wildman–Crippen LogP) is 2.35. The molecule has 0 saturated carbocycles. The van der Waals surface area contributed by atoms with Crippen LogP contribution in [-0.2, 0) is 6.54 Å². The van der Waals surface area contributed by atoms with Crippen LogP contribution in [0.4, 0.5) is 5.82 Å². The van der Waals surface area contributed by atoms with E-state index in [2.05, 4.69) is 34.0 Å². The number of aromatic nitrogens is 1. The first-order valence-electron chi connectivity index (χ1n) is 6.19. The molecular formula is C12H19ClN4S. The number of thioether (sulfide) groups is 1. The van der Waals surface area contributed by atoms with E-state index >= 15 is 0 Å². The fourth-order valence-corrected chi connectivity index (χ4v) is 3.47. The number of hydrazine groups is 1. The van der Waals surface area contributed by atoms with E-state index < -0.39 is 0 Å². The van der Waals surface area contributed by atoms with Crippen molar-refractivity contribution in [3.63, 3.8) is 0 Å². The molecule has 2 heterocycles. The summed E-state index contributed by atoms with van der Waals surface area (Å²) >= 11 is 8.24. The molecule has 100 valence electrons. The third-order valence-corrected chi connectivity index (χ3v) is 4.83. The van der Waals surface area contributed by atoms with Gasteiger partial charge in [-0.25, -0.2) is 10.8 Å². The Morgan fingerprint density at radius 2 is 2.44 bits per heavy atom. The zero-order valence-corrected chi connectivity index (χ0v) is 12.1. The maximum Gasteiger partial charge on any atom is 0.140 e. The van der Waals surface area contributed by atoms with Crippen molar-refractivity contribution in [2.75, 3.05) is 24.3 Å². The minimum atomic E-state index is 0.660. The Kier molecular flexibility index (Phi) is 5.12. The second-order valence-corrected chi connectivity index (χ2v) is 6.22. The summed E-state index contributed by atoms with van der Waals surface area (Å²) < 4.78 is 0. The SMILES string of the molecule is CCC1CN(Cc2nc(NN)ccc2Cl)CCS1. The summed E-state index contributed by atoms with van der Waals surface area (Å²) in [5, 5.41) is 1.44. The highest BCUT2D eigenvalue weighted by Gasteiger charge is 2.20. The Hall–Kier alpha value is -0.490. The van der Waals surface area contributed by atoms with Crippen LogP contribution < -0.4 is 11.3 Å². The molecule has 1 unspecified atom stereocenters. The Bertz CT molecular complexity index is 402. The second kappa shape index (κ2) is 6.61. The van der Waals surface area contributed by atoms with Gasteiger partial charge in [-0.15, -0.1) is 0 Å². The topological polar surface area (TPSA) is 54.2 Å². The minimum Gasteiger partial charge on any atom is -0.308 e. The first kappa shape index (κ1) is 13.9. The first-order chi connectivity index (χ1) is 8.72. The maximum atomic E-state index is 6.18. The Morgan fingerprint density at radius 3 is 3.17 bits per heavy atom. The van der Waals surface area contributed by atoms with Crippen molar-refractivity contribution in [2.45, 2.75) is 25.1 Å². The molecule has 18 heavy (non-hydrogen) atoms. The number of anilines is 1. The molecule has 1 aromatic heterocycles. The van der Waals surface area contributed by atoms with Crippen molar-refractivity contribution in [2.24, 2.45) is 5.84 Å². The van der Waals surface area contributed by atoms with Gasteiger partial charge in [0.1, 0.15) is 5.82 Å². The number of rotatable bonds is 4. The van der Waals surface area contributed by atoms with Crippen LogP contribution in [0.25, 0.3) is 0 Å². The number of hydrogen-bond donors (Lipinski definition) is 2. The maximum absolute atomic E-state index is 6.18. The van der Waals surface area contributed by atoms with Crippen LogP contribution in [0.1, 0.15) is 19.0 Å². The average Bonchev–Trinajstić information content (AvgIpc) is 2.41. The van der Waals surface area contributed by atoms with E-state index in [9.17, 15) is 0 Å². The van der Waals surface area contributed by atoms with Crippen LogP contribution in [0.15, 0.2) is 12.1 Å². The summed E-state index contributed by atoms with van der Waals surface area (Å²) in [6.07, 6.45) is 1.22. The summed E-state index contributed by atoms with van der Waals surface area (Å²) in [4.78, 5) is 6.84. The van der Waals surface area contributed by atoms with Crippen LogP contribution in [0.5, 0.6) is 0 Å². The molecular weight excluding hydrogens is 268 g/mol. The third kappa shape index (κ3) is 3.51. The Morgan fingerprint density at radius 1 is 1.61 bits per heavy atom. The molecule has 0 aliphatic carbocycles. The van der Waals surface area contributed by atoms with Gasteiger partial charge in [0.15, 0.2) is 0 Å². The average molecular weight is 287 g/mol. The number of nitrogens with two attached hydrogens (primary N) is 1. The highest BCUT2D eigenvalue weighted by Crippen LogP contribution is 2.24. The number of nitrogens with zero attached hydrogens (tertiary/aromatic N) is 2. The van der Waals surface area contributed by atoms with Gasteiger partial charge in [0, 0.05) is 30.6 Å². The van der Waals surface area contributed by atoms with Crippen molar-refractivity contribution in [1.29, 1.82) is 0 Å². The van der Waals surface area contributed by atoms with Crippen molar-refractivity contribution < 1.29 is 0 Å². The molecule has 1 aliphatic heterocycles. The van der Waals surface area contributed by atoms with Crippen LogP contribution in [0.3, 0.4) is 0 Å². The Balaban J connectivity index is 2.04. The van der Waals surface area contributed by atoms with Gasteiger partial charge < -0.3 is 5.43 Å². The number of pyridine rings is 1. The van der Waals surface area contributed by atoms with Gasteiger partial charge in [0.25, 0.3) is 0 Å². The van der Waals surface area contributed by atoms with Crippen molar-refractivity contribution in [3.8, 4) is 0 Å². The van der Waals surface area contributed by atoms with E-state index in [0.29, 0.717) is 10.8 Å². The standard InChI is InChI=1S/C12H19ClN4S/c1-2-9-7-17(5-6-18-9)8-11-10(13)3-4-12(15-11)16-14/h3-4,9H,2,5-8,14H2,1H3,(H,15,16). The van der Waals surface area contributed by atoms with Crippen LogP contribution in [0, 0.1) is 0 Å². The quantitative estimate of drug-likeness (QED) is 0.657. The summed E-state index contributed by atoms with van der Waals surface area (Å²) in [5.74, 6) is 7.22. The lowest BCUT2D eigenvalue weighted by molar-refractivity contribution is 0.270. The second-order valence-electron chi connectivity index (χ2n) is 4.41. The van der Waals surface area contributed by atoms with Gasteiger partial charge in [-0.05, 0) is 18.6 Å². The molecule has 0 aromatic carbocycles. The lowest BCUT2D eigenvalue weighted by Gasteiger charge is -2.31. The fraction of sp³-hybridized carbons (Fsp3) is 0.583. The first-order valence-corrected chi connectivity index (χ1v) is 7.61. The predicted molar refractivity (Wildman–Crippen MR) is 78.9 cm³/mol. The summed E-state index contributed by atoms with van der Waals surface area (Å²) in [6.45, 7) is 5.25. The van der Waals surface area contributed by atoms with Gasteiger partial charge in [0.2, 0.25) is 0 Å². The van der Waals surface area contributed by atoms with Crippen molar-refractivity contribution >= 4 is 29.2 Å². The van der Waals surface area contributed by atoms with Crippen molar-refractivity contribution in [1.82, 2.24) is 9.88 Å². The summed E-state index contributed by atoms with van der Waals surface area (Å²) in [5.41, 5.74) is 3.46. The van der Waals surface area contributed by atoms with Gasteiger partial charge in [0.05, 0.1) is 10.7 Å². The molecule has 1 aromatic rings. The van der Waals surface area contributed by atoms with Gasteiger partial charge in [-0.2, -0.15) is 11.8 Å². The molecule has 3 N–H and O–H groups in total. The van der Waals surface area contributed by atoms with Gasteiger partial charge in [-0.1, -0.05) is 18.5 Å². The molecule has 2 rings (SSSR count). The molecule has 0 radical (unpaired) electrons. The molecule has 4 nitrogen and oxygen atoms in total. The number of nitrogens with one attached hydrogen (secondary N) is 1. The molecule has 1 fully saturated rings. The smallest absolute Gasteiger partial charge is 0.140 e. The zero-order chi connectivity index (χ0) is 13.0.